The van der Waals surface area contributed by atoms with Gasteiger partial charge in [0.25, 0.3) is 0 Å². The fourth-order valence-electron chi connectivity index (χ4n) is 1.88. The van der Waals surface area contributed by atoms with Gasteiger partial charge in [-0.15, -0.1) is 0 Å². The van der Waals surface area contributed by atoms with Crippen molar-refractivity contribution in [2.24, 2.45) is 5.92 Å². The van der Waals surface area contributed by atoms with E-state index in [1.54, 1.807) is 0 Å². The molecule has 1 aliphatic heterocycles. The van der Waals surface area contributed by atoms with Gasteiger partial charge in [-0.25, -0.2) is 0 Å². The fraction of sp³-hybridized carbons (Fsp3) is 1.00. The van der Waals surface area contributed by atoms with Crippen molar-refractivity contribution in [1.29, 1.82) is 0 Å². The van der Waals surface area contributed by atoms with Crippen LogP contribution in [0.5, 0.6) is 0 Å². The maximum Gasteiger partial charge on any atom is 0.0613 e. The summed E-state index contributed by atoms with van der Waals surface area (Å²) in [6.45, 7) is 6.38. The molecular weight excluding hydrogens is 164 g/mol. The zero-order valence-corrected chi connectivity index (χ0v) is 8.81. The Hall–Kier alpha value is -0.120. The second-order valence-corrected chi connectivity index (χ2v) is 3.67. The first kappa shape index (κ1) is 11.0. The minimum absolute atomic E-state index is 0.502. The van der Waals surface area contributed by atoms with Gasteiger partial charge >= 0.3 is 0 Å². The van der Waals surface area contributed by atoms with Gasteiger partial charge in [0.05, 0.1) is 6.10 Å². The van der Waals surface area contributed by atoms with Gasteiger partial charge in [0.1, 0.15) is 0 Å². The first-order valence-electron chi connectivity index (χ1n) is 5.35. The quantitative estimate of drug-likeness (QED) is 0.596. The van der Waals surface area contributed by atoms with E-state index >= 15 is 0 Å². The third kappa shape index (κ3) is 3.63. The van der Waals surface area contributed by atoms with Crippen molar-refractivity contribution in [2.45, 2.75) is 25.9 Å². The van der Waals surface area contributed by atoms with E-state index in [-0.39, 0.29) is 0 Å². The van der Waals surface area contributed by atoms with Gasteiger partial charge in [-0.3, -0.25) is 0 Å². The van der Waals surface area contributed by atoms with Crippen LogP contribution in [0.2, 0.25) is 0 Å². The van der Waals surface area contributed by atoms with E-state index in [1.807, 2.05) is 7.05 Å². The van der Waals surface area contributed by atoms with Crippen LogP contribution in [0.25, 0.3) is 0 Å². The summed E-state index contributed by atoms with van der Waals surface area (Å²) < 4.78 is 5.62. The molecule has 2 unspecified atom stereocenters. The molecule has 0 radical (unpaired) electrons. The zero-order chi connectivity index (χ0) is 9.52. The minimum Gasteiger partial charge on any atom is -0.378 e. The Labute approximate surface area is 81.2 Å². The normalized spacial score (nSPS) is 28.2. The Bertz CT molecular complexity index is 130. The van der Waals surface area contributed by atoms with Crippen molar-refractivity contribution in [2.75, 3.05) is 33.3 Å². The van der Waals surface area contributed by atoms with Crippen LogP contribution in [0.4, 0.5) is 0 Å². The number of rotatable bonds is 6. The Morgan fingerprint density at radius 1 is 1.38 bits per heavy atom. The van der Waals surface area contributed by atoms with Crippen LogP contribution in [0.3, 0.4) is 0 Å². The Morgan fingerprint density at radius 2 is 2.23 bits per heavy atom. The summed E-state index contributed by atoms with van der Waals surface area (Å²) in [5.41, 5.74) is 0. The highest BCUT2D eigenvalue weighted by molar-refractivity contribution is 4.76. The monoisotopic (exact) mass is 186 g/mol. The van der Waals surface area contributed by atoms with E-state index in [0.717, 1.165) is 38.6 Å². The smallest absolute Gasteiger partial charge is 0.0613 e. The molecule has 1 fully saturated rings. The second-order valence-electron chi connectivity index (χ2n) is 3.67. The highest BCUT2D eigenvalue weighted by Crippen LogP contribution is 2.22. The lowest BCUT2D eigenvalue weighted by molar-refractivity contribution is 0.0873. The number of nitrogens with one attached hydrogen (secondary N) is 2. The molecule has 2 N–H and O–H groups in total. The van der Waals surface area contributed by atoms with Crippen LogP contribution in [0, 0.1) is 5.92 Å². The molecule has 1 rings (SSSR count). The van der Waals surface area contributed by atoms with Crippen molar-refractivity contribution in [3.8, 4) is 0 Å². The molecule has 0 spiro atoms. The predicted molar refractivity (Wildman–Crippen MR) is 54.9 cm³/mol. The molecular formula is C10H22N2O. The first-order chi connectivity index (χ1) is 6.38. The number of hydrogen-bond donors (Lipinski definition) is 2. The molecule has 0 saturated carbocycles. The highest BCUT2D eigenvalue weighted by Gasteiger charge is 2.25. The summed E-state index contributed by atoms with van der Waals surface area (Å²) in [4.78, 5) is 0. The molecule has 0 amide bonds. The van der Waals surface area contributed by atoms with Crippen LogP contribution in [0.1, 0.15) is 19.8 Å². The summed E-state index contributed by atoms with van der Waals surface area (Å²) in [7, 11) is 1.98. The lowest BCUT2D eigenvalue weighted by atomic mass is 10.00. The molecule has 0 aromatic rings. The predicted octanol–water partition coefficient (Wildman–Crippen LogP) is 0.611. The fourth-order valence-corrected chi connectivity index (χ4v) is 1.88. The lowest BCUT2D eigenvalue weighted by Gasteiger charge is -2.17. The summed E-state index contributed by atoms with van der Waals surface area (Å²) in [6.07, 6.45) is 2.88. The van der Waals surface area contributed by atoms with Gasteiger partial charge in [0.15, 0.2) is 0 Å². The summed E-state index contributed by atoms with van der Waals surface area (Å²) in [5, 5.41) is 6.57. The van der Waals surface area contributed by atoms with Crippen molar-refractivity contribution >= 4 is 0 Å². The van der Waals surface area contributed by atoms with Crippen LogP contribution in [-0.2, 0) is 4.74 Å². The number of ether oxygens (including phenoxy) is 1. The van der Waals surface area contributed by atoms with E-state index in [9.17, 15) is 0 Å². The van der Waals surface area contributed by atoms with Crippen LogP contribution in [-0.4, -0.2) is 39.4 Å². The summed E-state index contributed by atoms with van der Waals surface area (Å²) in [5.74, 6) is 0.738. The third-order valence-corrected chi connectivity index (χ3v) is 2.71. The molecule has 0 bridgehead atoms. The van der Waals surface area contributed by atoms with Gasteiger partial charge in [-0.1, -0.05) is 6.92 Å². The molecule has 78 valence electrons. The molecule has 1 heterocycles. The Morgan fingerprint density at radius 3 is 2.92 bits per heavy atom. The molecule has 3 heteroatoms. The zero-order valence-electron chi connectivity index (χ0n) is 8.81. The van der Waals surface area contributed by atoms with Crippen LogP contribution in [0.15, 0.2) is 0 Å². The largest absolute Gasteiger partial charge is 0.378 e. The number of hydrogen-bond acceptors (Lipinski definition) is 3. The second kappa shape index (κ2) is 6.35. The summed E-state index contributed by atoms with van der Waals surface area (Å²) >= 11 is 0. The standard InChI is InChI=1S/C10H22N2O/c1-3-10-9(4-7-13-10)8-12-6-5-11-2/h9-12H,3-8H2,1-2H3. The minimum atomic E-state index is 0.502. The van der Waals surface area contributed by atoms with Crippen LogP contribution >= 0.6 is 0 Å². The van der Waals surface area contributed by atoms with Gasteiger partial charge in [-0.05, 0) is 25.8 Å². The van der Waals surface area contributed by atoms with E-state index in [2.05, 4.69) is 17.6 Å². The first-order valence-corrected chi connectivity index (χ1v) is 5.35. The van der Waals surface area contributed by atoms with Gasteiger partial charge < -0.3 is 15.4 Å². The average molecular weight is 186 g/mol. The lowest BCUT2D eigenvalue weighted by Crippen LogP contribution is -2.32. The summed E-state index contributed by atoms with van der Waals surface area (Å²) in [6, 6.07) is 0. The molecule has 0 aliphatic carbocycles. The van der Waals surface area contributed by atoms with Crippen molar-refractivity contribution < 1.29 is 4.74 Å². The van der Waals surface area contributed by atoms with Crippen molar-refractivity contribution in [3.63, 3.8) is 0 Å². The molecule has 13 heavy (non-hydrogen) atoms. The van der Waals surface area contributed by atoms with Crippen LogP contribution < -0.4 is 10.6 Å². The SMILES string of the molecule is CCC1OCCC1CNCCNC. The topological polar surface area (TPSA) is 33.3 Å². The highest BCUT2D eigenvalue weighted by atomic mass is 16.5. The van der Waals surface area contributed by atoms with E-state index < -0.39 is 0 Å². The maximum absolute atomic E-state index is 5.62. The average Bonchev–Trinajstić information content (AvgIpc) is 2.60. The van der Waals surface area contributed by atoms with Crippen molar-refractivity contribution in [3.05, 3.63) is 0 Å². The third-order valence-electron chi connectivity index (χ3n) is 2.71. The van der Waals surface area contributed by atoms with Gasteiger partial charge in [0, 0.05) is 26.2 Å². The molecule has 0 aromatic carbocycles. The van der Waals surface area contributed by atoms with E-state index in [4.69, 9.17) is 4.74 Å². The molecule has 3 nitrogen and oxygen atoms in total. The van der Waals surface area contributed by atoms with E-state index in [1.165, 1.54) is 6.42 Å². The Balaban J connectivity index is 2.06. The Kier molecular flexibility index (Phi) is 5.35. The van der Waals surface area contributed by atoms with Gasteiger partial charge in [0.2, 0.25) is 0 Å². The maximum atomic E-state index is 5.62. The molecule has 2 atom stereocenters. The molecule has 0 aromatic heterocycles. The molecule has 1 saturated heterocycles. The van der Waals surface area contributed by atoms with E-state index in [0.29, 0.717) is 6.10 Å². The van der Waals surface area contributed by atoms with Crippen molar-refractivity contribution in [1.82, 2.24) is 10.6 Å². The molecule has 1 aliphatic rings. The van der Waals surface area contributed by atoms with Gasteiger partial charge in [-0.2, -0.15) is 0 Å². The number of likely N-dealkylation sites (N-methyl/N-ethyl adjacent to an activating group) is 1.